The van der Waals surface area contributed by atoms with Gasteiger partial charge in [-0.2, -0.15) is 0 Å². The number of hydrogen-bond donors (Lipinski definition) is 2. The lowest BCUT2D eigenvalue weighted by molar-refractivity contribution is -0.123. The number of hydrogen-bond acceptors (Lipinski definition) is 4. The molecule has 1 aromatic carbocycles. The maximum Gasteiger partial charge on any atom is 0.254 e. The molecule has 0 unspecified atom stereocenters. The van der Waals surface area contributed by atoms with Gasteiger partial charge in [-0.25, -0.2) is 9.97 Å². The summed E-state index contributed by atoms with van der Waals surface area (Å²) in [5.74, 6) is 0.670. The van der Waals surface area contributed by atoms with E-state index in [0.29, 0.717) is 24.3 Å². The highest BCUT2D eigenvalue weighted by molar-refractivity contribution is 5.97. The van der Waals surface area contributed by atoms with Crippen LogP contribution in [0.3, 0.4) is 0 Å². The Hall–Kier alpha value is -3.22. The lowest BCUT2D eigenvalue weighted by Crippen LogP contribution is -2.49. The minimum Gasteiger partial charge on any atom is -0.353 e. The van der Waals surface area contributed by atoms with E-state index >= 15 is 0 Å². The summed E-state index contributed by atoms with van der Waals surface area (Å²) in [5.41, 5.74) is 4.12. The van der Waals surface area contributed by atoms with Crippen molar-refractivity contribution < 1.29 is 9.59 Å². The molecule has 1 fully saturated rings. The normalized spacial score (nSPS) is 14.5. The second kappa shape index (κ2) is 6.59. The Morgan fingerprint density at radius 3 is 2.77 bits per heavy atom. The molecular weight excluding hydrogens is 330 g/mol. The summed E-state index contributed by atoms with van der Waals surface area (Å²) in [6.45, 7) is 3.19. The van der Waals surface area contributed by atoms with Crippen LogP contribution in [0.5, 0.6) is 0 Å². The molecule has 132 valence electrons. The van der Waals surface area contributed by atoms with Crippen LogP contribution in [0.4, 0.5) is 0 Å². The fourth-order valence-corrected chi connectivity index (χ4v) is 3.07. The van der Waals surface area contributed by atoms with Gasteiger partial charge in [0.25, 0.3) is 5.91 Å². The van der Waals surface area contributed by atoms with Crippen molar-refractivity contribution in [3.63, 3.8) is 0 Å². The molecule has 4 rings (SSSR count). The minimum atomic E-state index is -0.124. The number of nitrogens with one attached hydrogen (secondary N) is 2. The lowest BCUT2D eigenvalue weighted by Gasteiger charge is -2.26. The smallest absolute Gasteiger partial charge is 0.254 e. The Labute approximate surface area is 150 Å². The van der Waals surface area contributed by atoms with Crippen LogP contribution < -0.4 is 5.32 Å². The summed E-state index contributed by atoms with van der Waals surface area (Å²) in [4.78, 5) is 37.6. The Balaban J connectivity index is 1.57. The van der Waals surface area contributed by atoms with Gasteiger partial charge in [0.05, 0.1) is 12.1 Å². The van der Waals surface area contributed by atoms with Gasteiger partial charge in [0.2, 0.25) is 5.91 Å². The van der Waals surface area contributed by atoms with Crippen molar-refractivity contribution in [1.82, 2.24) is 25.2 Å². The summed E-state index contributed by atoms with van der Waals surface area (Å²) in [6, 6.07) is 9.40. The van der Waals surface area contributed by atoms with E-state index in [9.17, 15) is 9.59 Å². The van der Waals surface area contributed by atoms with Gasteiger partial charge in [0, 0.05) is 36.8 Å². The van der Waals surface area contributed by atoms with Crippen molar-refractivity contribution in [2.24, 2.45) is 0 Å². The molecule has 3 heterocycles. The van der Waals surface area contributed by atoms with Gasteiger partial charge in [-0.1, -0.05) is 19.1 Å². The molecule has 2 N–H and O–H groups in total. The zero-order valence-corrected chi connectivity index (χ0v) is 14.5. The lowest BCUT2D eigenvalue weighted by atomic mass is 10.0. The molecule has 0 bridgehead atoms. The SMILES string of the molecule is CCc1nc2ncc(-c3ccc(C(=O)N4CCNC(=O)C4)cc3)cc2[nH]1. The third-order valence-corrected chi connectivity index (χ3v) is 4.51. The van der Waals surface area contributed by atoms with Crippen molar-refractivity contribution >= 4 is 23.0 Å². The van der Waals surface area contributed by atoms with Crippen LogP contribution in [0.15, 0.2) is 36.5 Å². The number of imidazole rings is 1. The number of pyridine rings is 1. The van der Waals surface area contributed by atoms with E-state index in [1.165, 1.54) is 0 Å². The fourth-order valence-electron chi connectivity index (χ4n) is 3.07. The average Bonchev–Trinajstić information content (AvgIpc) is 3.10. The molecule has 1 aliphatic rings. The second-order valence-corrected chi connectivity index (χ2v) is 6.29. The van der Waals surface area contributed by atoms with E-state index in [2.05, 4.69) is 20.3 Å². The van der Waals surface area contributed by atoms with Gasteiger partial charge < -0.3 is 15.2 Å². The molecule has 0 saturated carbocycles. The van der Waals surface area contributed by atoms with Crippen LogP contribution in [0.2, 0.25) is 0 Å². The molecule has 0 atom stereocenters. The van der Waals surface area contributed by atoms with Gasteiger partial charge in [0.15, 0.2) is 5.65 Å². The highest BCUT2D eigenvalue weighted by Gasteiger charge is 2.22. The molecule has 26 heavy (non-hydrogen) atoms. The van der Waals surface area contributed by atoms with Crippen LogP contribution in [0.1, 0.15) is 23.1 Å². The summed E-state index contributed by atoms with van der Waals surface area (Å²) >= 11 is 0. The molecule has 2 aromatic heterocycles. The Morgan fingerprint density at radius 2 is 2.04 bits per heavy atom. The standard InChI is InChI=1S/C19H19N5O2/c1-2-16-22-15-9-14(10-21-18(15)23-16)12-3-5-13(6-4-12)19(26)24-8-7-20-17(25)11-24/h3-6,9-10H,2,7-8,11H2,1H3,(H,20,25)(H,21,22,23). The van der Waals surface area contributed by atoms with Crippen molar-refractivity contribution in [3.8, 4) is 11.1 Å². The molecular formula is C19H19N5O2. The largest absolute Gasteiger partial charge is 0.353 e. The van der Waals surface area contributed by atoms with E-state index in [-0.39, 0.29) is 18.4 Å². The van der Waals surface area contributed by atoms with Crippen LogP contribution >= 0.6 is 0 Å². The second-order valence-electron chi connectivity index (χ2n) is 6.29. The quantitative estimate of drug-likeness (QED) is 0.754. The van der Waals surface area contributed by atoms with Crippen LogP contribution in [0.25, 0.3) is 22.3 Å². The fraction of sp³-hybridized carbons (Fsp3) is 0.263. The number of benzene rings is 1. The Bertz CT molecular complexity index is 977. The molecule has 1 aliphatic heterocycles. The number of aromatic nitrogens is 3. The summed E-state index contributed by atoms with van der Waals surface area (Å²) in [6.07, 6.45) is 2.62. The molecule has 0 spiro atoms. The number of carbonyl (C=O) groups is 2. The van der Waals surface area contributed by atoms with Crippen molar-refractivity contribution in [3.05, 3.63) is 47.9 Å². The van der Waals surface area contributed by atoms with Crippen LogP contribution in [-0.2, 0) is 11.2 Å². The topological polar surface area (TPSA) is 91.0 Å². The van der Waals surface area contributed by atoms with Gasteiger partial charge in [-0.05, 0) is 23.8 Å². The number of rotatable bonds is 3. The Kier molecular flexibility index (Phi) is 4.12. The highest BCUT2D eigenvalue weighted by Crippen LogP contribution is 2.23. The number of H-pyrrole nitrogens is 1. The molecule has 0 radical (unpaired) electrons. The molecule has 7 nitrogen and oxygen atoms in total. The molecule has 3 aromatic rings. The average molecular weight is 349 g/mol. The maximum absolute atomic E-state index is 12.5. The first-order valence-electron chi connectivity index (χ1n) is 8.65. The van der Waals surface area contributed by atoms with Crippen molar-refractivity contribution in [1.29, 1.82) is 0 Å². The molecule has 1 saturated heterocycles. The van der Waals surface area contributed by atoms with Crippen molar-refractivity contribution in [2.45, 2.75) is 13.3 Å². The predicted molar refractivity (Wildman–Crippen MR) is 97.6 cm³/mol. The van der Waals surface area contributed by atoms with E-state index in [0.717, 1.165) is 28.9 Å². The first-order chi connectivity index (χ1) is 12.6. The third kappa shape index (κ3) is 3.03. The number of aromatic amines is 1. The number of amides is 2. The van der Waals surface area contributed by atoms with E-state index in [1.54, 1.807) is 23.2 Å². The number of aryl methyl sites for hydroxylation is 1. The first kappa shape index (κ1) is 16.3. The van der Waals surface area contributed by atoms with Crippen LogP contribution in [-0.4, -0.2) is 51.3 Å². The van der Waals surface area contributed by atoms with Gasteiger partial charge >= 0.3 is 0 Å². The number of nitrogens with zero attached hydrogens (tertiary/aromatic N) is 3. The Morgan fingerprint density at radius 1 is 1.23 bits per heavy atom. The monoisotopic (exact) mass is 349 g/mol. The number of fused-ring (bicyclic) bond motifs is 1. The first-order valence-corrected chi connectivity index (χ1v) is 8.65. The number of piperazine rings is 1. The van der Waals surface area contributed by atoms with E-state index in [1.807, 2.05) is 25.1 Å². The minimum absolute atomic E-state index is 0.112. The van der Waals surface area contributed by atoms with Crippen LogP contribution in [0, 0.1) is 0 Å². The third-order valence-electron chi connectivity index (χ3n) is 4.51. The van der Waals surface area contributed by atoms with Crippen molar-refractivity contribution in [2.75, 3.05) is 19.6 Å². The summed E-state index contributed by atoms with van der Waals surface area (Å²) in [5, 5.41) is 2.72. The zero-order chi connectivity index (χ0) is 18.1. The summed E-state index contributed by atoms with van der Waals surface area (Å²) < 4.78 is 0. The van der Waals surface area contributed by atoms with E-state index < -0.39 is 0 Å². The van der Waals surface area contributed by atoms with Gasteiger partial charge in [-0.15, -0.1) is 0 Å². The maximum atomic E-state index is 12.5. The zero-order valence-electron chi connectivity index (χ0n) is 14.5. The summed E-state index contributed by atoms with van der Waals surface area (Å²) in [7, 11) is 0. The predicted octanol–water partition coefficient (Wildman–Crippen LogP) is 1.76. The van der Waals surface area contributed by atoms with Gasteiger partial charge in [-0.3, -0.25) is 9.59 Å². The highest BCUT2D eigenvalue weighted by atomic mass is 16.2. The molecule has 2 amide bonds. The van der Waals surface area contributed by atoms with E-state index in [4.69, 9.17) is 0 Å². The van der Waals surface area contributed by atoms with Gasteiger partial charge in [0.1, 0.15) is 5.82 Å². The molecule has 7 heteroatoms. The number of carbonyl (C=O) groups excluding carboxylic acids is 2. The molecule has 0 aliphatic carbocycles.